The molecule has 16 heavy (non-hydrogen) atoms. The largest absolute Gasteiger partial charge is 0.491 e. The van der Waals surface area contributed by atoms with Crippen molar-refractivity contribution in [1.29, 1.82) is 0 Å². The molecule has 0 bridgehead atoms. The van der Waals surface area contributed by atoms with Crippen LogP contribution in [0.15, 0.2) is 18.2 Å². The summed E-state index contributed by atoms with van der Waals surface area (Å²) >= 11 is 0. The highest BCUT2D eigenvalue weighted by molar-refractivity contribution is 5.43. The van der Waals surface area contributed by atoms with E-state index in [0.717, 1.165) is 18.8 Å². The van der Waals surface area contributed by atoms with Crippen molar-refractivity contribution in [3.63, 3.8) is 0 Å². The van der Waals surface area contributed by atoms with Crippen LogP contribution in [-0.4, -0.2) is 19.2 Å². The molecule has 88 valence electrons. The lowest BCUT2D eigenvalue weighted by atomic mass is 9.93. The summed E-state index contributed by atoms with van der Waals surface area (Å²) in [4.78, 5) is 0. The van der Waals surface area contributed by atoms with E-state index in [1.165, 1.54) is 17.5 Å². The summed E-state index contributed by atoms with van der Waals surface area (Å²) in [6.45, 7) is 8.55. The molecule has 1 N–H and O–H groups in total. The number of hydrogen-bond acceptors (Lipinski definition) is 2. The fourth-order valence-corrected chi connectivity index (χ4v) is 2.43. The van der Waals surface area contributed by atoms with Crippen LogP contribution in [0.4, 0.5) is 0 Å². The van der Waals surface area contributed by atoms with Gasteiger partial charge in [0.15, 0.2) is 0 Å². The molecule has 0 amide bonds. The fraction of sp³-hybridized carbons (Fsp3) is 0.571. The molecule has 0 spiro atoms. The molecule has 0 aliphatic carbocycles. The zero-order chi connectivity index (χ0) is 11.5. The maximum atomic E-state index is 5.91. The van der Waals surface area contributed by atoms with E-state index in [-0.39, 0.29) is 6.10 Å². The lowest BCUT2D eigenvalue weighted by molar-refractivity contribution is 0.238. The average molecular weight is 219 g/mol. The first-order valence-electron chi connectivity index (χ1n) is 6.15. The van der Waals surface area contributed by atoms with E-state index in [1.807, 2.05) is 0 Å². The summed E-state index contributed by atoms with van der Waals surface area (Å²) in [7, 11) is 0. The standard InChI is InChI=1S/C14H21NO/c1-10(2)16-13-6-4-5-11(3)14(13)12-7-8-15-9-12/h4-6,10,12,15H,7-9H2,1-3H3. The quantitative estimate of drug-likeness (QED) is 0.844. The zero-order valence-corrected chi connectivity index (χ0v) is 10.4. The SMILES string of the molecule is Cc1cccc(OC(C)C)c1C1CCNC1. The third-order valence-corrected chi connectivity index (χ3v) is 3.12. The molecule has 1 aliphatic heterocycles. The van der Waals surface area contributed by atoms with Gasteiger partial charge in [-0.15, -0.1) is 0 Å². The molecule has 1 unspecified atom stereocenters. The van der Waals surface area contributed by atoms with E-state index in [1.54, 1.807) is 0 Å². The second-order valence-corrected chi connectivity index (χ2v) is 4.84. The molecule has 0 aromatic heterocycles. The van der Waals surface area contributed by atoms with Crippen LogP contribution in [0.3, 0.4) is 0 Å². The van der Waals surface area contributed by atoms with Crippen molar-refractivity contribution >= 4 is 0 Å². The Hall–Kier alpha value is -1.02. The van der Waals surface area contributed by atoms with E-state index in [9.17, 15) is 0 Å². The van der Waals surface area contributed by atoms with Crippen molar-refractivity contribution in [2.75, 3.05) is 13.1 Å². The zero-order valence-electron chi connectivity index (χ0n) is 10.4. The molecule has 2 heteroatoms. The molecule has 1 aromatic rings. The Bertz CT molecular complexity index is 354. The van der Waals surface area contributed by atoms with Gasteiger partial charge in [0.2, 0.25) is 0 Å². The molecule has 2 nitrogen and oxygen atoms in total. The van der Waals surface area contributed by atoms with Gasteiger partial charge in [-0.3, -0.25) is 0 Å². The monoisotopic (exact) mass is 219 g/mol. The minimum atomic E-state index is 0.245. The summed E-state index contributed by atoms with van der Waals surface area (Å²) in [6, 6.07) is 6.36. The van der Waals surface area contributed by atoms with E-state index in [0.29, 0.717) is 5.92 Å². The normalized spacial score (nSPS) is 20.4. The third kappa shape index (κ3) is 2.38. The Morgan fingerprint density at radius 3 is 2.81 bits per heavy atom. The van der Waals surface area contributed by atoms with Gasteiger partial charge in [0, 0.05) is 18.0 Å². The van der Waals surface area contributed by atoms with E-state index < -0.39 is 0 Å². The van der Waals surface area contributed by atoms with Gasteiger partial charge in [-0.05, 0) is 45.4 Å². The molecule has 1 aliphatic rings. The highest BCUT2D eigenvalue weighted by atomic mass is 16.5. The molecule has 1 heterocycles. The Morgan fingerprint density at radius 1 is 1.38 bits per heavy atom. The lowest BCUT2D eigenvalue weighted by Crippen LogP contribution is -2.12. The van der Waals surface area contributed by atoms with Crippen molar-refractivity contribution in [1.82, 2.24) is 5.32 Å². The predicted octanol–water partition coefficient (Wildman–Crippen LogP) is 2.86. The maximum Gasteiger partial charge on any atom is 0.123 e. The van der Waals surface area contributed by atoms with Crippen molar-refractivity contribution in [3.8, 4) is 5.75 Å². The molecular formula is C14H21NO. The van der Waals surface area contributed by atoms with Gasteiger partial charge >= 0.3 is 0 Å². The summed E-state index contributed by atoms with van der Waals surface area (Å²) in [6.07, 6.45) is 1.47. The average Bonchev–Trinajstić information content (AvgIpc) is 2.69. The molecule has 2 rings (SSSR count). The molecule has 0 radical (unpaired) electrons. The highest BCUT2D eigenvalue weighted by Gasteiger charge is 2.22. The molecule has 1 saturated heterocycles. The molecular weight excluding hydrogens is 198 g/mol. The van der Waals surface area contributed by atoms with Gasteiger partial charge in [-0.1, -0.05) is 12.1 Å². The maximum absolute atomic E-state index is 5.91. The first-order valence-corrected chi connectivity index (χ1v) is 6.15. The van der Waals surface area contributed by atoms with Gasteiger partial charge in [0.25, 0.3) is 0 Å². The van der Waals surface area contributed by atoms with Gasteiger partial charge in [0.1, 0.15) is 5.75 Å². The van der Waals surface area contributed by atoms with Crippen molar-refractivity contribution < 1.29 is 4.74 Å². The molecule has 1 aromatic carbocycles. The first kappa shape index (κ1) is 11.5. The van der Waals surface area contributed by atoms with Gasteiger partial charge in [0.05, 0.1) is 6.10 Å². The smallest absolute Gasteiger partial charge is 0.123 e. The number of aryl methyl sites for hydroxylation is 1. The number of hydrogen-bond donors (Lipinski definition) is 1. The van der Waals surface area contributed by atoms with E-state index in [4.69, 9.17) is 4.74 Å². The summed E-state index contributed by atoms with van der Waals surface area (Å²) in [5.41, 5.74) is 2.76. The van der Waals surface area contributed by atoms with Crippen molar-refractivity contribution in [3.05, 3.63) is 29.3 Å². The fourth-order valence-electron chi connectivity index (χ4n) is 2.43. The van der Waals surface area contributed by atoms with Crippen molar-refractivity contribution in [2.24, 2.45) is 0 Å². The van der Waals surface area contributed by atoms with E-state index in [2.05, 4.69) is 44.3 Å². The van der Waals surface area contributed by atoms with Crippen molar-refractivity contribution in [2.45, 2.75) is 39.2 Å². The van der Waals surface area contributed by atoms with Crippen LogP contribution in [0.1, 0.15) is 37.3 Å². The van der Waals surface area contributed by atoms with Crippen LogP contribution in [0, 0.1) is 6.92 Å². The van der Waals surface area contributed by atoms with Gasteiger partial charge < -0.3 is 10.1 Å². The van der Waals surface area contributed by atoms with Gasteiger partial charge in [-0.2, -0.15) is 0 Å². The minimum absolute atomic E-state index is 0.245. The number of ether oxygens (including phenoxy) is 1. The molecule has 1 atom stereocenters. The van der Waals surface area contributed by atoms with Crippen LogP contribution in [0.2, 0.25) is 0 Å². The highest BCUT2D eigenvalue weighted by Crippen LogP contribution is 2.33. The number of benzene rings is 1. The van der Waals surface area contributed by atoms with Crippen LogP contribution in [0.25, 0.3) is 0 Å². The Kier molecular flexibility index (Phi) is 3.49. The second kappa shape index (κ2) is 4.88. The molecule has 1 fully saturated rings. The summed E-state index contributed by atoms with van der Waals surface area (Å²) in [5, 5.41) is 3.42. The third-order valence-electron chi connectivity index (χ3n) is 3.12. The van der Waals surface area contributed by atoms with Gasteiger partial charge in [-0.25, -0.2) is 0 Å². The van der Waals surface area contributed by atoms with Crippen LogP contribution in [0.5, 0.6) is 5.75 Å². The lowest BCUT2D eigenvalue weighted by Gasteiger charge is -2.19. The van der Waals surface area contributed by atoms with E-state index >= 15 is 0 Å². The summed E-state index contributed by atoms with van der Waals surface area (Å²) in [5.74, 6) is 1.69. The van der Waals surface area contributed by atoms with Crippen LogP contribution < -0.4 is 10.1 Å². The topological polar surface area (TPSA) is 21.3 Å². The second-order valence-electron chi connectivity index (χ2n) is 4.84. The number of nitrogens with one attached hydrogen (secondary N) is 1. The first-order chi connectivity index (χ1) is 7.68. The van der Waals surface area contributed by atoms with Crippen LogP contribution in [-0.2, 0) is 0 Å². The Morgan fingerprint density at radius 2 is 2.19 bits per heavy atom. The minimum Gasteiger partial charge on any atom is -0.491 e. The number of rotatable bonds is 3. The summed E-state index contributed by atoms with van der Waals surface area (Å²) < 4.78 is 5.91. The Balaban J connectivity index is 2.31. The predicted molar refractivity (Wildman–Crippen MR) is 67.2 cm³/mol. The molecule has 0 saturated carbocycles. The Labute approximate surface area is 98.0 Å². The van der Waals surface area contributed by atoms with Crippen LogP contribution >= 0.6 is 0 Å².